The van der Waals surface area contributed by atoms with Crippen molar-refractivity contribution in [3.8, 4) is 11.5 Å². The van der Waals surface area contributed by atoms with Gasteiger partial charge >= 0.3 is 0 Å². The lowest BCUT2D eigenvalue weighted by Crippen LogP contribution is -2.38. The number of hydrogen-bond donors (Lipinski definition) is 1. The highest BCUT2D eigenvalue weighted by Gasteiger charge is 2.25. The quantitative estimate of drug-likeness (QED) is 0.715. The molecular weight excluding hydrogens is 292 g/mol. The van der Waals surface area contributed by atoms with Gasteiger partial charge in [-0.15, -0.1) is 0 Å². The predicted octanol–water partition coefficient (Wildman–Crippen LogP) is 3.78. The van der Waals surface area contributed by atoms with Crippen molar-refractivity contribution in [1.29, 1.82) is 0 Å². The number of ether oxygens (including phenoxy) is 3. The van der Waals surface area contributed by atoms with Gasteiger partial charge < -0.3 is 19.3 Å². The van der Waals surface area contributed by atoms with Crippen LogP contribution in [0.2, 0.25) is 0 Å². The zero-order chi connectivity index (χ0) is 16.5. The van der Waals surface area contributed by atoms with Gasteiger partial charge in [-0.25, -0.2) is 0 Å². The number of hydrogen-bond acceptors (Lipinski definition) is 4. The van der Waals surface area contributed by atoms with Crippen LogP contribution in [0, 0.1) is 0 Å². The Balaban J connectivity index is 2.11. The molecule has 0 heterocycles. The molecule has 2 aromatic rings. The number of para-hydroxylation sites is 1. The average Bonchev–Trinajstić information content (AvgIpc) is 2.57. The van der Waals surface area contributed by atoms with Gasteiger partial charge in [0.2, 0.25) is 6.29 Å². The van der Waals surface area contributed by atoms with Gasteiger partial charge in [0.05, 0.1) is 0 Å². The number of rotatable bonds is 9. The molecule has 0 amide bonds. The molecule has 0 fully saturated rings. The number of phenolic OH excluding ortho intramolecular Hbond substituents is 1. The van der Waals surface area contributed by atoms with Crippen LogP contribution in [0.5, 0.6) is 11.5 Å². The van der Waals surface area contributed by atoms with E-state index < -0.39 is 6.29 Å². The van der Waals surface area contributed by atoms with Crippen molar-refractivity contribution < 1.29 is 19.3 Å². The van der Waals surface area contributed by atoms with Gasteiger partial charge in [0, 0.05) is 19.6 Å². The molecule has 0 saturated heterocycles. The highest BCUT2D eigenvalue weighted by Crippen LogP contribution is 2.19. The van der Waals surface area contributed by atoms with Crippen LogP contribution >= 0.6 is 0 Å². The standard InChI is InChI=1S/C19H24O4/c1-3-21-18(14-15-10-12-16(20)13-11-15)19(22-4-2)23-17-8-6-5-7-9-17/h5-13,18-20H,3-4,14H2,1-2H3. The summed E-state index contributed by atoms with van der Waals surface area (Å²) in [7, 11) is 0. The van der Waals surface area contributed by atoms with E-state index in [1.54, 1.807) is 12.1 Å². The van der Waals surface area contributed by atoms with Crippen LogP contribution < -0.4 is 4.74 Å². The number of phenols is 1. The van der Waals surface area contributed by atoms with E-state index in [9.17, 15) is 5.11 Å². The fraction of sp³-hybridized carbons (Fsp3) is 0.368. The van der Waals surface area contributed by atoms with Crippen molar-refractivity contribution in [2.45, 2.75) is 32.7 Å². The normalized spacial score (nSPS) is 13.5. The van der Waals surface area contributed by atoms with E-state index in [0.29, 0.717) is 19.6 Å². The Morgan fingerprint density at radius 2 is 1.52 bits per heavy atom. The van der Waals surface area contributed by atoms with Crippen LogP contribution in [0.1, 0.15) is 19.4 Å². The molecule has 4 heteroatoms. The molecule has 124 valence electrons. The molecule has 0 aliphatic heterocycles. The minimum atomic E-state index is -0.490. The summed E-state index contributed by atoms with van der Waals surface area (Å²) in [5.41, 5.74) is 1.06. The summed E-state index contributed by atoms with van der Waals surface area (Å²) in [5.74, 6) is 1.00. The van der Waals surface area contributed by atoms with Crippen molar-refractivity contribution in [3.05, 3.63) is 60.2 Å². The average molecular weight is 316 g/mol. The van der Waals surface area contributed by atoms with Crippen molar-refractivity contribution in [2.75, 3.05) is 13.2 Å². The minimum Gasteiger partial charge on any atom is -0.508 e. The summed E-state index contributed by atoms with van der Waals surface area (Å²) < 4.78 is 17.6. The molecule has 2 rings (SSSR count). The first-order valence-corrected chi connectivity index (χ1v) is 7.95. The van der Waals surface area contributed by atoms with Gasteiger partial charge in [-0.05, 0) is 43.7 Å². The molecule has 0 saturated carbocycles. The molecule has 0 aliphatic carbocycles. The third-order valence-corrected chi connectivity index (χ3v) is 3.38. The number of benzene rings is 2. The number of aromatic hydroxyl groups is 1. The zero-order valence-electron chi connectivity index (χ0n) is 13.6. The Labute approximate surface area is 137 Å². The van der Waals surface area contributed by atoms with E-state index in [2.05, 4.69) is 0 Å². The monoisotopic (exact) mass is 316 g/mol. The van der Waals surface area contributed by atoms with Crippen LogP contribution in [-0.4, -0.2) is 30.7 Å². The summed E-state index contributed by atoms with van der Waals surface area (Å²) in [5, 5.41) is 9.40. The minimum absolute atomic E-state index is 0.232. The molecule has 2 aromatic carbocycles. The highest BCUT2D eigenvalue weighted by molar-refractivity contribution is 5.26. The first kappa shape index (κ1) is 17.3. The first-order valence-electron chi connectivity index (χ1n) is 7.95. The second-order valence-electron chi connectivity index (χ2n) is 5.12. The molecule has 4 nitrogen and oxygen atoms in total. The molecule has 0 spiro atoms. The molecule has 2 atom stereocenters. The van der Waals surface area contributed by atoms with Crippen molar-refractivity contribution in [3.63, 3.8) is 0 Å². The third-order valence-electron chi connectivity index (χ3n) is 3.38. The van der Waals surface area contributed by atoms with Crippen LogP contribution in [-0.2, 0) is 15.9 Å². The van der Waals surface area contributed by atoms with Crippen LogP contribution in [0.4, 0.5) is 0 Å². The van der Waals surface area contributed by atoms with E-state index in [0.717, 1.165) is 11.3 Å². The van der Waals surface area contributed by atoms with Crippen LogP contribution in [0.3, 0.4) is 0 Å². The molecular formula is C19H24O4. The Morgan fingerprint density at radius 3 is 2.13 bits per heavy atom. The molecule has 2 unspecified atom stereocenters. The maximum atomic E-state index is 9.40. The third kappa shape index (κ3) is 5.58. The van der Waals surface area contributed by atoms with Gasteiger partial charge in [0.25, 0.3) is 0 Å². The van der Waals surface area contributed by atoms with Gasteiger partial charge in [-0.1, -0.05) is 30.3 Å². The fourth-order valence-electron chi connectivity index (χ4n) is 2.33. The molecule has 23 heavy (non-hydrogen) atoms. The summed E-state index contributed by atoms with van der Waals surface area (Å²) in [4.78, 5) is 0. The topological polar surface area (TPSA) is 47.9 Å². The maximum absolute atomic E-state index is 9.40. The largest absolute Gasteiger partial charge is 0.508 e. The Morgan fingerprint density at radius 1 is 0.870 bits per heavy atom. The van der Waals surface area contributed by atoms with Gasteiger partial charge in [0.15, 0.2) is 0 Å². The van der Waals surface area contributed by atoms with E-state index in [1.807, 2.05) is 56.3 Å². The van der Waals surface area contributed by atoms with E-state index in [-0.39, 0.29) is 11.9 Å². The smallest absolute Gasteiger partial charge is 0.226 e. The Bertz CT molecular complexity index is 553. The Kier molecular flexibility index (Phi) is 6.91. The predicted molar refractivity (Wildman–Crippen MR) is 89.7 cm³/mol. The van der Waals surface area contributed by atoms with Crippen molar-refractivity contribution in [2.24, 2.45) is 0 Å². The lowest BCUT2D eigenvalue weighted by molar-refractivity contribution is -0.159. The second-order valence-corrected chi connectivity index (χ2v) is 5.12. The molecule has 0 radical (unpaired) electrons. The SMILES string of the molecule is CCOC(Cc1ccc(O)cc1)C(OCC)Oc1ccccc1. The fourth-order valence-corrected chi connectivity index (χ4v) is 2.33. The summed E-state index contributed by atoms with van der Waals surface area (Å²) >= 11 is 0. The lowest BCUT2D eigenvalue weighted by atomic mass is 10.1. The van der Waals surface area contributed by atoms with Gasteiger partial charge in [0.1, 0.15) is 17.6 Å². The second kappa shape index (κ2) is 9.18. The summed E-state index contributed by atoms with van der Waals surface area (Å²) in [6, 6.07) is 16.7. The van der Waals surface area contributed by atoms with E-state index >= 15 is 0 Å². The molecule has 1 N–H and O–H groups in total. The van der Waals surface area contributed by atoms with Gasteiger partial charge in [-0.2, -0.15) is 0 Å². The Hall–Kier alpha value is -2.04. The van der Waals surface area contributed by atoms with E-state index in [1.165, 1.54) is 0 Å². The van der Waals surface area contributed by atoms with Crippen molar-refractivity contribution in [1.82, 2.24) is 0 Å². The zero-order valence-corrected chi connectivity index (χ0v) is 13.6. The van der Waals surface area contributed by atoms with Crippen molar-refractivity contribution >= 4 is 0 Å². The van der Waals surface area contributed by atoms with E-state index in [4.69, 9.17) is 14.2 Å². The maximum Gasteiger partial charge on any atom is 0.226 e. The highest BCUT2D eigenvalue weighted by atomic mass is 16.7. The molecule has 0 aromatic heterocycles. The summed E-state index contributed by atoms with van der Waals surface area (Å²) in [6.45, 7) is 5.00. The first-order chi connectivity index (χ1) is 11.2. The molecule has 0 bridgehead atoms. The van der Waals surface area contributed by atoms with Gasteiger partial charge in [-0.3, -0.25) is 0 Å². The lowest BCUT2D eigenvalue weighted by Gasteiger charge is -2.27. The summed E-state index contributed by atoms with van der Waals surface area (Å²) in [6.07, 6.45) is -0.0770. The van der Waals surface area contributed by atoms with Crippen LogP contribution in [0.25, 0.3) is 0 Å². The van der Waals surface area contributed by atoms with Crippen LogP contribution in [0.15, 0.2) is 54.6 Å². The molecule has 0 aliphatic rings.